The van der Waals surface area contributed by atoms with Gasteiger partial charge in [0, 0.05) is 19.5 Å². The minimum absolute atomic E-state index is 0.00918. The lowest BCUT2D eigenvalue weighted by atomic mass is 10.2. The highest BCUT2D eigenvalue weighted by molar-refractivity contribution is 5.94. The van der Waals surface area contributed by atoms with E-state index in [0.29, 0.717) is 12.5 Å². The molecular formula is C14H19FN2O2. The van der Waals surface area contributed by atoms with Crippen LogP contribution in [-0.4, -0.2) is 24.9 Å². The molecular weight excluding hydrogens is 247 g/mol. The number of hydrogen-bond donors (Lipinski definition) is 2. The van der Waals surface area contributed by atoms with E-state index in [1.54, 1.807) is 6.07 Å². The highest BCUT2D eigenvalue weighted by Gasteiger charge is 2.10. The minimum atomic E-state index is -0.566. The third-order valence-electron chi connectivity index (χ3n) is 2.46. The van der Waals surface area contributed by atoms with Crippen LogP contribution < -0.4 is 10.6 Å². The maximum atomic E-state index is 13.3. The van der Waals surface area contributed by atoms with Crippen molar-refractivity contribution in [3.63, 3.8) is 0 Å². The summed E-state index contributed by atoms with van der Waals surface area (Å²) in [5.74, 6) is -0.807. The van der Waals surface area contributed by atoms with Gasteiger partial charge in [-0.05, 0) is 18.1 Å². The van der Waals surface area contributed by atoms with Gasteiger partial charge in [0.05, 0.1) is 5.56 Å². The van der Waals surface area contributed by atoms with Gasteiger partial charge in [-0.1, -0.05) is 26.0 Å². The predicted octanol–water partition coefficient (Wildman–Crippen LogP) is 1.72. The molecule has 0 atom stereocenters. The van der Waals surface area contributed by atoms with E-state index in [-0.39, 0.29) is 24.4 Å². The molecule has 0 saturated carbocycles. The van der Waals surface area contributed by atoms with Gasteiger partial charge in [-0.3, -0.25) is 9.59 Å². The van der Waals surface area contributed by atoms with E-state index in [9.17, 15) is 14.0 Å². The highest BCUT2D eigenvalue weighted by atomic mass is 19.1. The Morgan fingerprint density at radius 1 is 1.21 bits per heavy atom. The molecule has 4 nitrogen and oxygen atoms in total. The fourth-order valence-corrected chi connectivity index (χ4v) is 1.44. The molecule has 1 aromatic rings. The van der Waals surface area contributed by atoms with Crippen LogP contribution in [-0.2, 0) is 4.79 Å². The molecule has 0 aliphatic heterocycles. The average Bonchev–Trinajstić information content (AvgIpc) is 2.36. The van der Waals surface area contributed by atoms with Crippen molar-refractivity contribution in [2.45, 2.75) is 20.3 Å². The Morgan fingerprint density at radius 3 is 2.53 bits per heavy atom. The molecule has 0 bridgehead atoms. The molecule has 1 rings (SSSR count). The number of carbonyl (C=O) groups excluding carboxylic acids is 2. The normalized spacial score (nSPS) is 10.3. The van der Waals surface area contributed by atoms with Crippen molar-refractivity contribution in [1.29, 1.82) is 0 Å². The monoisotopic (exact) mass is 266 g/mol. The molecule has 0 saturated heterocycles. The SMILES string of the molecule is CC(C)CNC(=O)CCNC(=O)c1ccccc1F. The molecule has 19 heavy (non-hydrogen) atoms. The summed E-state index contributed by atoms with van der Waals surface area (Å²) in [6.45, 7) is 4.80. The van der Waals surface area contributed by atoms with Gasteiger partial charge in [-0.2, -0.15) is 0 Å². The Kier molecular flexibility index (Phi) is 5.99. The molecule has 0 spiro atoms. The van der Waals surface area contributed by atoms with Crippen LogP contribution in [0.5, 0.6) is 0 Å². The number of halogens is 1. The van der Waals surface area contributed by atoms with E-state index in [0.717, 1.165) is 0 Å². The Morgan fingerprint density at radius 2 is 1.89 bits per heavy atom. The highest BCUT2D eigenvalue weighted by Crippen LogP contribution is 2.05. The summed E-state index contributed by atoms with van der Waals surface area (Å²) in [6.07, 6.45) is 0.187. The van der Waals surface area contributed by atoms with Gasteiger partial charge in [0.15, 0.2) is 0 Å². The predicted molar refractivity (Wildman–Crippen MR) is 71.2 cm³/mol. The Bertz CT molecular complexity index is 447. The summed E-state index contributed by atoms with van der Waals surface area (Å²) in [5, 5.41) is 5.26. The maximum Gasteiger partial charge on any atom is 0.254 e. The molecule has 0 aliphatic rings. The fourth-order valence-electron chi connectivity index (χ4n) is 1.44. The molecule has 0 aliphatic carbocycles. The number of hydrogen-bond acceptors (Lipinski definition) is 2. The van der Waals surface area contributed by atoms with E-state index in [1.165, 1.54) is 18.2 Å². The topological polar surface area (TPSA) is 58.2 Å². The number of carbonyl (C=O) groups is 2. The summed E-state index contributed by atoms with van der Waals surface area (Å²) in [4.78, 5) is 23.0. The zero-order valence-electron chi connectivity index (χ0n) is 11.2. The molecule has 1 aromatic carbocycles. The summed E-state index contributed by atoms with van der Waals surface area (Å²) in [7, 11) is 0. The first-order valence-corrected chi connectivity index (χ1v) is 6.30. The fraction of sp³-hybridized carbons (Fsp3) is 0.429. The van der Waals surface area contributed by atoms with E-state index in [2.05, 4.69) is 10.6 Å². The van der Waals surface area contributed by atoms with Crippen LogP contribution in [0.3, 0.4) is 0 Å². The number of rotatable bonds is 6. The molecule has 0 aromatic heterocycles. The first-order valence-electron chi connectivity index (χ1n) is 6.30. The Hall–Kier alpha value is -1.91. The van der Waals surface area contributed by atoms with Crippen molar-refractivity contribution in [1.82, 2.24) is 10.6 Å². The Labute approximate surface area is 112 Å². The van der Waals surface area contributed by atoms with Crippen LogP contribution in [0.2, 0.25) is 0 Å². The van der Waals surface area contributed by atoms with Crippen molar-refractivity contribution < 1.29 is 14.0 Å². The van der Waals surface area contributed by atoms with Crippen molar-refractivity contribution in [2.75, 3.05) is 13.1 Å². The molecule has 5 heteroatoms. The van der Waals surface area contributed by atoms with Crippen molar-refractivity contribution >= 4 is 11.8 Å². The number of amides is 2. The zero-order chi connectivity index (χ0) is 14.3. The summed E-state index contributed by atoms with van der Waals surface area (Å²) in [6, 6.07) is 5.74. The number of benzene rings is 1. The summed E-state index contributed by atoms with van der Waals surface area (Å²) < 4.78 is 13.3. The maximum absolute atomic E-state index is 13.3. The van der Waals surface area contributed by atoms with Gasteiger partial charge in [-0.15, -0.1) is 0 Å². The van der Waals surface area contributed by atoms with Crippen molar-refractivity contribution in [3.05, 3.63) is 35.6 Å². The van der Waals surface area contributed by atoms with E-state index in [4.69, 9.17) is 0 Å². The molecule has 0 heterocycles. The number of nitrogens with one attached hydrogen (secondary N) is 2. The van der Waals surface area contributed by atoms with Gasteiger partial charge in [-0.25, -0.2) is 4.39 Å². The van der Waals surface area contributed by atoms with Gasteiger partial charge < -0.3 is 10.6 Å². The van der Waals surface area contributed by atoms with Crippen molar-refractivity contribution in [3.8, 4) is 0 Å². The van der Waals surface area contributed by atoms with Crippen LogP contribution in [0.15, 0.2) is 24.3 Å². The van der Waals surface area contributed by atoms with E-state index < -0.39 is 11.7 Å². The third-order valence-corrected chi connectivity index (χ3v) is 2.46. The van der Waals surface area contributed by atoms with Crippen LogP contribution in [0.25, 0.3) is 0 Å². The van der Waals surface area contributed by atoms with Crippen LogP contribution in [0.4, 0.5) is 4.39 Å². The van der Waals surface area contributed by atoms with Gasteiger partial charge in [0.25, 0.3) is 5.91 Å². The van der Waals surface area contributed by atoms with Gasteiger partial charge >= 0.3 is 0 Å². The quantitative estimate of drug-likeness (QED) is 0.823. The molecule has 0 fully saturated rings. The average molecular weight is 266 g/mol. The lowest BCUT2D eigenvalue weighted by Crippen LogP contribution is -2.32. The third kappa shape index (κ3) is 5.50. The van der Waals surface area contributed by atoms with E-state index in [1.807, 2.05) is 13.8 Å². The van der Waals surface area contributed by atoms with Crippen LogP contribution >= 0.6 is 0 Å². The second-order valence-corrected chi connectivity index (χ2v) is 4.68. The van der Waals surface area contributed by atoms with Gasteiger partial charge in [0.1, 0.15) is 5.82 Å². The van der Waals surface area contributed by atoms with Crippen LogP contribution in [0, 0.1) is 11.7 Å². The lowest BCUT2D eigenvalue weighted by Gasteiger charge is -2.08. The smallest absolute Gasteiger partial charge is 0.254 e. The largest absolute Gasteiger partial charge is 0.356 e. The van der Waals surface area contributed by atoms with Crippen LogP contribution in [0.1, 0.15) is 30.6 Å². The molecule has 2 N–H and O–H groups in total. The Balaban J connectivity index is 2.32. The second-order valence-electron chi connectivity index (χ2n) is 4.68. The van der Waals surface area contributed by atoms with Crippen molar-refractivity contribution in [2.24, 2.45) is 5.92 Å². The van der Waals surface area contributed by atoms with E-state index >= 15 is 0 Å². The molecule has 0 radical (unpaired) electrons. The zero-order valence-corrected chi connectivity index (χ0v) is 11.2. The molecule has 104 valence electrons. The second kappa shape index (κ2) is 7.51. The molecule has 0 unspecified atom stereocenters. The summed E-state index contributed by atoms with van der Waals surface area (Å²) >= 11 is 0. The standard InChI is InChI=1S/C14H19FN2O2/c1-10(2)9-17-13(18)7-8-16-14(19)11-5-3-4-6-12(11)15/h3-6,10H,7-9H2,1-2H3,(H,16,19)(H,17,18). The first-order chi connectivity index (χ1) is 9.00. The lowest BCUT2D eigenvalue weighted by molar-refractivity contribution is -0.121. The first kappa shape index (κ1) is 15.1. The summed E-state index contributed by atoms with van der Waals surface area (Å²) in [5.41, 5.74) is -0.00918. The van der Waals surface area contributed by atoms with Gasteiger partial charge in [0.2, 0.25) is 5.91 Å². The molecule has 2 amide bonds. The minimum Gasteiger partial charge on any atom is -0.356 e.